The molecule has 0 aromatic heterocycles. The molecule has 0 heterocycles. The average Bonchev–Trinajstić information content (AvgIpc) is 2.30. The number of rotatable bonds is 3. The molecule has 2 rings (SSSR count). The second-order valence-corrected chi connectivity index (χ2v) is 4.62. The third kappa shape index (κ3) is 2.73. The van der Waals surface area contributed by atoms with Gasteiger partial charge in [0.2, 0.25) is 0 Å². The van der Waals surface area contributed by atoms with Gasteiger partial charge in [0.25, 0.3) is 0 Å². The zero-order chi connectivity index (χ0) is 12.3. The van der Waals surface area contributed by atoms with Crippen molar-refractivity contribution in [3.05, 3.63) is 71.8 Å². The van der Waals surface area contributed by atoms with Crippen LogP contribution < -0.4 is 11.5 Å². The van der Waals surface area contributed by atoms with Crippen molar-refractivity contribution < 1.29 is 0 Å². The van der Waals surface area contributed by atoms with Crippen molar-refractivity contribution in [1.29, 1.82) is 0 Å². The summed E-state index contributed by atoms with van der Waals surface area (Å²) in [5.41, 5.74) is 13.8. The summed E-state index contributed by atoms with van der Waals surface area (Å²) in [7, 11) is 0. The minimum Gasteiger partial charge on any atom is -0.313 e. The topological polar surface area (TPSA) is 52.0 Å². The maximum Gasteiger partial charge on any atom is 0.0719 e. The summed E-state index contributed by atoms with van der Waals surface area (Å²) in [5, 5.41) is 0. The van der Waals surface area contributed by atoms with E-state index in [1.54, 1.807) is 0 Å². The Morgan fingerprint density at radius 1 is 0.765 bits per heavy atom. The Morgan fingerprint density at radius 3 is 1.41 bits per heavy atom. The normalized spacial score (nSPS) is 11.8. The van der Waals surface area contributed by atoms with Crippen LogP contribution >= 0.6 is 0 Å². The minimum absolute atomic E-state index is 0.00454. The minimum atomic E-state index is -0.775. The van der Waals surface area contributed by atoms with E-state index >= 15 is 0 Å². The summed E-state index contributed by atoms with van der Waals surface area (Å²) in [6.45, 7) is 1.86. The standard InChI is InChI=1S/C15H18N2/c1-15(16,17)14(12-8-4-2-5-9-12)13-10-6-3-7-11-13/h2-11,14H,16-17H2,1H3. The molecule has 0 aliphatic rings. The van der Waals surface area contributed by atoms with Crippen LogP contribution in [0.2, 0.25) is 0 Å². The van der Waals surface area contributed by atoms with Crippen LogP contribution in [0.1, 0.15) is 24.0 Å². The van der Waals surface area contributed by atoms with Crippen LogP contribution in [0.3, 0.4) is 0 Å². The predicted octanol–water partition coefficient (Wildman–Crippen LogP) is 2.45. The van der Waals surface area contributed by atoms with Gasteiger partial charge in [-0.1, -0.05) is 60.7 Å². The molecule has 0 radical (unpaired) electrons. The molecule has 0 spiro atoms. The van der Waals surface area contributed by atoms with E-state index in [0.29, 0.717) is 0 Å². The summed E-state index contributed by atoms with van der Waals surface area (Å²) in [6.07, 6.45) is 0. The molecule has 4 N–H and O–H groups in total. The Hall–Kier alpha value is -1.64. The highest BCUT2D eigenvalue weighted by Gasteiger charge is 2.28. The maximum atomic E-state index is 6.12. The molecule has 17 heavy (non-hydrogen) atoms. The van der Waals surface area contributed by atoms with Crippen LogP contribution in [0.15, 0.2) is 60.7 Å². The van der Waals surface area contributed by atoms with E-state index in [0.717, 1.165) is 11.1 Å². The van der Waals surface area contributed by atoms with Crippen molar-refractivity contribution in [3.8, 4) is 0 Å². The van der Waals surface area contributed by atoms with Gasteiger partial charge in [-0.3, -0.25) is 0 Å². The average molecular weight is 226 g/mol. The molecule has 2 nitrogen and oxygen atoms in total. The van der Waals surface area contributed by atoms with E-state index in [1.165, 1.54) is 0 Å². The molecule has 2 aromatic carbocycles. The van der Waals surface area contributed by atoms with Crippen molar-refractivity contribution in [3.63, 3.8) is 0 Å². The summed E-state index contributed by atoms with van der Waals surface area (Å²) in [5.74, 6) is 0.00454. The molecule has 0 bridgehead atoms. The first-order chi connectivity index (χ1) is 8.09. The maximum absolute atomic E-state index is 6.12. The van der Waals surface area contributed by atoms with Gasteiger partial charge >= 0.3 is 0 Å². The van der Waals surface area contributed by atoms with Crippen molar-refractivity contribution in [1.82, 2.24) is 0 Å². The SMILES string of the molecule is CC(N)(N)C(c1ccccc1)c1ccccc1. The fourth-order valence-corrected chi connectivity index (χ4v) is 2.20. The molecule has 0 fully saturated rings. The van der Waals surface area contributed by atoms with E-state index in [9.17, 15) is 0 Å². The van der Waals surface area contributed by atoms with Gasteiger partial charge in [0.15, 0.2) is 0 Å². The molecule has 0 saturated carbocycles. The smallest absolute Gasteiger partial charge is 0.0719 e. The van der Waals surface area contributed by atoms with Gasteiger partial charge in [0.1, 0.15) is 0 Å². The lowest BCUT2D eigenvalue weighted by molar-refractivity contribution is 0.432. The molecular weight excluding hydrogens is 208 g/mol. The Labute approximate surface area is 102 Å². The first-order valence-electron chi connectivity index (χ1n) is 5.76. The van der Waals surface area contributed by atoms with Crippen LogP contribution in [0, 0.1) is 0 Å². The third-order valence-corrected chi connectivity index (χ3v) is 2.89. The molecular formula is C15H18N2. The van der Waals surface area contributed by atoms with Gasteiger partial charge in [-0.05, 0) is 18.1 Å². The number of hydrogen-bond donors (Lipinski definition) is 2. The third-order valence-electron chi connectivity index (χ3n) is 2.89. The lowest BCUT2D eigenvalue weighted by Gasteiger charge is -2.31. The summed E-state index contributed by atoms with van der Waals surface area (Å²) in [6, 6.07) is 20.3. The number of benzene rings is 2. The molecule has 0 saturated heterocycles. The van der Waals surface area contributed by atoms with Gasteiger partial charge in [-0.15, -0.1) is 0 Å². The predicted molar refractivity (Wildman–Crippen MR) is 71.5 cm³/mol. The zero-order valence-electron chi connectivity index (χ0n) is 10.0. The van der Waals surface area contributed by atoms with Crippen LogP contribution in [-0.4, -0.2) is 5.66 Å². The quantitative estimate of drug-likeness (QED) is 0.790. The zero-order valence-corrected chi connectivity index (χ0v) is 10.0. The fourth-order valence-electron chi connectivity index (χ4n) is 2.20. The summed E-state index contributed by atoms with van der Waals surface area (Å²) >= 11 is 0. The van der Waals surface area contributed by atoms with E-state index in [-0.39, 0.29) is 5.92 Å². The second-order valence-electron chi connectivity index (χ2n) is 4.62. The van der Waals surface area contributed by atoms with Gasteiger partial charge in [0.05, 0.1) is 5.66 Å². The van der Waals surface area contributed by atoms with Gasteiger partial charge < -0.3 is 11.5 Å². The molecule has 2 aromatic rings. The van der Waals surface area contributed by atoms with Crippen molar-refractivity contribution in [2.75, 3.05) is 0 Å². The number of nitrogens with two attached hydrogens (primary N) is 2. The van der Waals surface area contributed by atoms with Gasteiger partial charge in [-0.25, -0.2) is 0 Å². The molecule has 88 valence electrons. The summed E-state index contributed by atoms with van der Waals surface area (Å²) in [4.78, 5) is 0. The van der Waals surface area contributed by atoms with E-state index in [1.807, 2.05) is 43.3 Å². The van der Waals surface area contributed by atoms with Gasteiger partial charge in [0, 0.05) is 5.92 Å². The van der Waals surface area contributed by atoms with E-state index in [4.69, 9.17) is 11.5 Å². The molecule has 0 amide bonds. The van der Waals surface area contributed by atoms with Crippen molar-refractivity contribution in [2.24, 2.45) is 11.5 Å². The molecule has 0 unspecified atom stereocenters. The lowest BCUT2D eigenvalue weighted by Crippen LogP contribution is -2.51. The highest BCUT2D eigenvalue weighted by Crippen LogP contribution is 2.30. The van der Waals surface area contributed by atoms with E-state index in [2.05, 4.69) is 24.3 Å². The Kier molecular flexibility index (Phi) is 3.27. The summed E-state index contributed by atoms with van der Waals surface area (Å²) < 4.78 is 0. The Bertz CT molecular complexity index is 418. The molecule has 0 aliphatic heterocycles. The first-order valence-corrected chi connectivity index (χ1v) is 5.76. The van der Waals surface area contributed by atoms with Crippen LogP contribution in [-0.2, 0) is 0 Å². The van der Waals surface area contributed by atoms with Crippen molar-refractivity contribution in [2.45, 2.75) is 18.5 Å². The largest absolute Gasteiger partial charge is 0.313 e. The van der Waals surface area contributed by atoms with Crippen LogP contribution in [0.4, 0.5) is 0 Å². The van der Waals surface area contributed by atoms with E-state index < -0.39 is 5.66 Å². The van der Waals surface area contributed by atoms with Crippen molar-refractivity contribution >= 4 is 0 Å². The fraction of sp³-hybridized carbons (Fsp3) is 0.200. The molecule has 0 atom stereocenters. The Balaban J connectivity index is 2.48. The van der Waals surface area contributed by atoms with Crippen LogP contribution in [0.5, 0.6) is 0 Å². The lowest BCUT2D eigenvalue weighted by atomic mass is 9.82. The monoisotopic (exact) mass is 226 g/mol. The Morgan fingerprint density at radius 2 is 1.12 bits per heavy atom. The highest BCUT2D eigenvalue weighted by atomic mass is 15.0. The highest BCUT2D eigenvalue weighted by molar-refractivity contribution is 5.35. The number of hydrogen-bond acceptors (Lipinski definition) is 2. The molecule has 2 heteroatoms. The molecule has 0 aliphatic carbocycles. The van der Waals surface area contributed by atoms with Crippen LogP contribution in [0.25, 0.3) is 0 Å². The van der Waals surface area contributed by atoms with Gasteiger partial charge in [-0.2, -0.15) is 0 Å². The first kappa shape index (κ1) is 11.8. The second kappa shape index (κ2) is 4.70.